The lowest BCUT2D eigenvalue weighted by Crippen LogP contribution is -2.55. The van der Waals surface area contributed by atoms with E-state index >= 15 is 0 Å². The van der Waals surface area contributed by atoms with E-state index in [-0.39, 0.29) is 29.3 Å². The zero-order valence-corrected chi connectivity index (χ0v) is 20.5. The highest BCUT2D eigenvalue weighted by Crippen LogP contribution is 2.32. The Labute approximate surface area is 213 Å². The number of nitrogens with one attached hydrogen (secondary N) is 2. The van der Waals surface area contributed by atoms with Crippen molar-refractivity contribution in [1.29, 1.82) is 0 Å². The Morgan fingerprint density at radius 1 is 1.00 bits per heavy atom. The normalized spacial score (nSPS) is 19.3. The minimum Gasteiger partial charge on any atom is -0.352 e. The number of benzene rings is 3. The van der Waals surface area contributed by atoms with Crippen molar-refractivity contribution < 1.29 is 27.2 Å². The third-order valence-corrected chi connectivity index (χ3v) is 8.28. The van der Waals surface area contributed by atoms with E-state index in [1.807, 2.05) is 0 Å². The quantitative estimate of drug-likeness (QED) is 0.536. The zero-order valence-electron chi connectivity index (χ0n) is 19.7. The molecule has 2 aliphatic rings. The van der Waals surface area contributed by atoms with Crippen LogP contribution in [-0.4, -0.2) is 55.4 Å². The highest BCUT2D eigenvalue weighted by atomic mass is 32.2. The minimum atomic E-state index is -3.81. The molecule has 0 aromatic heterocycles. The van der Waals surface area contributed by atoms with Gasteiger partial charge in [0.15, 0.2) is 9.84 Å². The molecule has 0 spiro atoms. The Morgan fingerprint density at radius 2 is 1.73 bits per heavy atom. The van der Waals surface area contributed by atoms with Gasteiger partial charge in [0.25, 0.3) is 5.91 Å². The van der Waals surface area contributed by atoms with Crippen molar-refractivity contribution in [2.45, 2.75) is 29.8 Å². The molecule has 37 heavy (non-hydrogen) atoms. The van der Waals surface area contributed by atoms with Gasteiger partial charge in [-0.25, -0.2) is 12.8 Å². The van der Waals surface area contributed by atoms with Crippen molar-refractivity contribution in [2.24, 2.45) is 0 Å². The Kier molecular flexibility index (Phi) is 6.51. The van der Waals surface area contributed by atoms with E-state index in [9.17, 15) is 27.2 Å². The van der Waals surface area contributed by atoms with Crippen LogP contribution in [0, 0.1) is 5.82 Å². The average molecular weight is 522 g/mol. The molecular weight excluding hydrogens is 497 g/mol. The van der Waals surface area contributed by atoms with Gasteiger partial charge in [0, 0.05) is 18.2 Å². The van der Waals surface area contributed by atoms with Gasteiger partial charge in [-0.3, -0.25) is 14.4 Å². The van der Waals surface area contributed by atoms with Gasteiger partial charge in [0.05, 0.1) is 16.1 Å². The third-order valence-electron chi connectivity index (χ3n) is 6.65. The molecule has 10 heteroatoms. The van der Waals surface area contributed by atoms with Crippen LogP contribution < -0.4 is 10.6 Å². The number of piperidine rings is 1. The number of hydrogen-bond donors (Lipinski definition) is 2. The third kappa shape index (κ3) is 4.97. The SMILES string of the molecule is O=C(CS(=O)(=O)c1ccccc1)NC1CCN2C(=O)c3cc(-c4ccccc4F)ccc3NC(=O)C2C1. The molecule has 2 N–H and O–H groups in total. The van der Waals surface area contributed by atoms with E-state index in [1.165, 1.54) is 23.1 Å². The lowest BCUT2D eigenvalue weighted by molar-refractivity contribution is -0.124. The van der Waals surface area contributed by atoms with Gasteiger partial charge in [0.1, 0.15) is 17.6 Å². The van der Waals surface area contributed by atoms with Crippen molar-refractivity contribution in [1.82, 2.24) is 10.2 Å². The molecule has 0 radical (unpaired) electrons. The van der Waals surface area contributed by atoms with Crippen LogP contribution in [0.15, 0.2) is 77.7 Å². The van der Waals surface area contributed by atoms with Crippen molar-refractivity contribution in [2.75, 3.05) is 17.6 Å². The first-order chi connectivity index (χ1) is 17.7. The van der Waals surface area contributed by atoms with Crippen LogP contribution in [0.4, 0.5) is 10.1 Å². The first-order valence-electron chi connectivity index (χ1n) is 11.8. The molecule has 2 unspecified atom stereocenters. The van der Waals surface area contributed by atoms with Gasteiger partial charge in [-0.05, 0) is 48.7 Å². The van der Waals surface area contributed by atoms with E-state index in [1.54, 1.807) is 54.6 Å². The van der Waals surface area contributed by atoms with Crippen molar-refractivity contribution in [3.63, 3.8) is 0 Å². The topological polar surface area (TPSA) is 113 Å². The van der Waals surface area contributed by atoms with Crippen LogP contribution in [0.1, 0.15) is 23.2 Å². The van der Waals surface area contributed by atoms with Gasteiger partial charge in [-0.1, -0.05) is 42.5 Å². The van der Waals surface area contributed by atoms with Gasteiger partial charge in [-0.15, -0.1) is 0 Å². The van der Waals surface area contributed by atoms with E-state index in [0.29, 0.717) is 23.2 Å². The summed E-state index contributed by atoms with van der Waals surface area (Å²) in [6, 6.07) is 17.4. The standard InChI is InChI=1S/C27H24FN3O5S/c28-22-9-5-4-8-20(22)17-10-11-23-21(14-17)27(34)31-13-12-18(15-24(31)26(33)30-23)29-25(32)16-37(35,36)19-6-2-1-3-7-19/h1-11,14,18,24H,12-13,15-16H2,(H,29,32)(H,30,33). The minimum absolute atomic E-state index is 0.0567. The van der Waals surface area contributed by atoms with E-state index in [2.05, 4.69) is 10.6 Å². The zero-order chi connectivity index (χ0) is 26.2. The molecule has 2 aliphatic heterocycles. The second-order valence-electron chi connectivity index (χ2n) is 9.10. The maximum absolute atomic E-state index is 14.3. The molecule has 3 aromatic rings. The largest absolute Gasteiger partial charge is 0.352 e. The van der Waals surface area contributed by atoms with Crippen LogP contribution in [-0.2, 0) is 19.4 Å². The van der Waals surface area contributed by atoms with E-state index < -0.39 is 45.3 Å². The summed E-state index contributed by atoms with van der Waals surface area (Å²) >= 11 is 0. The number of nitrogens with zero attached hydrogens (tertiary/aromatic N) is 1. The summed E-state index contributed by atoms with van der Waals surface area (Å²) < 4.78 is 39.4. The summed E-state index contributed by atoms with van der Waals surface area (Å²) in [5.74, 6) is -2.57. The summed E-state index contributed by atoms with van der Waals surface area (Å²) in [4.78, 5) is 40.5. The average Bonchev–Trinajstić information content (AvgIpc) is 2.98. The number of rotatable bonds is 5. The monoisotopic (exact) mass is 521 g/mol. The number of carbonyl (C=O) groups is 3. The Bertz CT molecular complexity index is 1490. The number of sulfone groups is 1. The Morgan fingerprint density at radius 3 is 2.49 bits per heavy atom. The predicted octanol–water partition coefficient (Wildman–Crippen LogP) is 3.01. The maximum Gasteiger partial charge on any atom is 0.256 e. The van der Waals surface area contributed by atoms with Crippen LogP contribution in [0.5, 0.6) is 0 Å². The number of carbonyl (C=O) groups excluding carboxylic acids is 3. The second-order valence-corrected chi connectivity index (χ2v) is 11.1. The van der Waals surface area contributed by atoms with Crippen LogP contribution >= 0.6 is 0 Å². The summed E-state index contributed by atoms with van der Waals surface area (Å²) in [5, 5.41) is 5.49. The maximum atomic E-state index is 14.3. The Balaban J connectivity index is 1.31. The summed E-state index contributed by atoms with van der Waals surface area (Å²) in [6.45, 7) is 0.191. The molecule has 0 bridgehead atoms. The molecule has 0 saturated carbocycles. The fourth-order valence-electron chi connectivity index (χ4n) is 4.80. The number of halogens is 1. The molecule has 0 aliphatic carbocycles. The lowest BCUT2D eigenvalue weighted by Gasteiger charge is -2.37. The molecule has 1 fully saturated rings. The number of hydrogen-bond acceptors (Lipinski definition) is 5. The molecule has 190 valence electrons. The molecule has 3 aromatic carbocycles. The molecule has 2 heterocycles. The summed E-state index contributed by atoms with van der Waals surface area (Å²) in [5.41, 5.74) is 1.45. The van der Waals surface area contributed by atoms with Crippen molar-refractivity contribution in [3.05, 3.63) is 84.2 Å². The highest BCUT2D eigenvalue weighted by molar-refractivity contribution is 7.92. The molecule has 5 rings (SSSR count). The molecule has 2 atom stereocenters. The van der Waals surface area contributed by atoms with E-state index in [0.717, 1.165) is 0 Å². The number of amides is 3. The first-order valence-corrected chi connectivity index (χ1v) is 13.5. The number of anilines is 1. The summed E-state index contributed by atoms with van der Waals surface area (Å²) in [7, 11) is -3.81. The molecule has 1 saturated heterocycles. The predicted molar refractivity (Wildman–Crippen MR) is 135 cm³/mol. The molecular formula is C27H24FN3O5S. The van der Waals surface area contributed by atoms with E-state index in [4.69, 9.17) is 0 Å². The summed E-state index contributed by atoms with van der Waals surface area (Å²) in [6.07, 6.45) is 0.498. The van der Waals surface area contributed by atoms with Gasteiger partial charge in [0.2, 0.25) is 11.8 Å². The Hall–Kier alpha value is -4.05. The van der Waals surface area contributed by atoms with Gasteiger partial charge >= 0.3 is 0 Å². The molecule has 8 nitrogen and oxygen atoms in total. The van der Waals surface area contributed by atoms with Crippen LogP contribution in [0.25, 0.3) is 11.1 Å². The fourth-order valence-corrected chi connectivity index (χ4v) is 5.97. The van der Waals surface area contributed by atoms with Crippen LogP contribution in [0.2, 0.25) is 0 Å². The highest BCUT2D eigenvalue weighted by Gasteiger charge is 2.40. The number of fused-ring (bicyclic) bond motifs is 2. The second kappa shape index (κ2) is 9.78. The lowest BCUT2D eigenvalue weighted by atomic mass is 9.95. The molecule has 3 amide bonds. The smallest absolute Gasteiger partial charge is 0.256 e. The first kappa shape index (κ1) is 24.6. The van der Waals surface area contributed by atoms with Crippen LogP contribution in [0.3, 0.4) is 0 Å². The van der Waals surface area contributed by atoms with Crippen molar-refractivity contribution >= 4 is 33.2 Å². The van der Waals surface area contributed by atoms with Gasteiger partial charge in [-0.2, -0.15) is 0 Å². The van der Waals surface area contributed by atoms with Crippen molar-refractivity contribution in [3.8, 4) is 11.1 Å². The van der Waals surface area contributed by atoms with Gasteiger partial charge < -0.3 is 15.5 Å². The fraction of sp³-hybridized carbons (Fsp3) is 0.222.